The highest BCUT2D eigenvalue weighted by molar-refractivity contribution is 7.89. The van der Waals surface area contributed by atoms with Crippen LogP contribution in [-0.2, 0) is 32.5 Å². The number of rotatable bonds is 7. The van der Waals surface area contributed by atoms with E-state index in [1.165, 1.54) is 13.0 Å². The van der Waals surface area contributed by atoms with Crippen LogP contribution >= 0.6 is 0 Å². The van der Waals surface area contributed by atoms with Gasteiger partial charge in [0.1, 0.15) is 6.04 Å². The van der Waals surface area contributed by atoms with E-state index in [9.17, 15) is 18.0 Å². The van der Waals surface area contributed by atoms with E-state index in [1.54, 1.807) is 17.0 Å². The zero-order valence-electron chi connectivity index (χ0n) is 20.7. The van der Waals surface area contributed by atoms with Crippen LogP contribution in [0.15, 0.2) is 53.4 Å². The van der Waals surface area contributed by atoms with E-state index in [1.807, 2.05) is 37.3 Å². The number of carbonyl (C=O) groups is 2. The third kappa shape index (κ3) is 5.93. The number of sulfonamides is 1. The van der Waals surface area contributed by atoms with Crippen molar-refractivity contribution < 1.29 is 18.0 Å². The van der Waals surface area contributed by atoms with Crippen LogP contribution in [0.2, 0.25) is 0 Å². The van der Waals surface area contributed by atoms with Gasteiger partial charge in [-0.25, -0.2) is 8.42 Å². The lowest BCUT2D eigenvalue weighted by Gasteiger charge is -2.29. The largest absolute Gasteiger partial charge is 0.352 e. The topological polar surface area (TPSA) is 95.6 Å². The van der Waals surface area contributed by atoms with Crippen molar-refractivity contribution >= 4 is 27.5 Å². The third-order valence-electron chi connectivity index (χ3n) is 7.17. The summed E-state index contributed by atoms with van der Waals surface area (Å²) < 4.78 is 29.5. The number of hydrogen-bond acceptors (Lipinski definition) is 4. The Morgan fingerprint density at radius 1 is 1.03 bits per heavy atom. The molecule has 1 saturated carbocycles. The Hall–Kier alpha value is -2.71. The first kappa shape index (κ1) is 25.4. The highest BCUT2D eigenvalue weighted by Crippen LogP contribution is 2.34. The second-order valence-corrected chi connectivity index (χ2v) is 11.8. The van der Waals surface area contributed by atoms with E-state index >= 15 is 0 Å². The minimum absolute atomic E-state index is 0.0248. The van der Waals surface area contributed by atoms with Gasteiger partial charge >= 0.3 is 0 Å². The van der Waals surface area contributed by atoms with Gasteiger partial charge in [0.2, 0.25) is 21.8 Å². The molecule has 0 bridgehead atoms. The number of carbonyl (C=O) groups excluding carboxylic acids is 2. The molecule has 2 N–H and O–H groups in total. The van der Waals surface area contributed by atoms with Gasteiger partial charge in [-0.15, -0.1) is 0 Å². The zero-order valence-corrected chi connectivity index (χ0v) is 21.5. The Morgan fingerprint density at radius 2 is 1.71 bits per heavy atom. The van der Waals surface area contributed by atoms with Gasteiger partial charge in [-0.2, -0.15) is 4.72 Å². The molecule has 7 nitrogen and oxygen atoms in total. The summed E-state index contributed by atoms with van der Waals surface area (Å²) in [4.78, 5) is 27.1. The summed E-state index contributed by atoms with van der Waals surface area (Å²) in [6.07, 6.45) is 4.79. The molecular formula is C27H35N3O4S. The molecule has 0 saturated heterocycles. The van der Waals surface area contributed by atoms with E-state index in [-0.39, 0.29) is 35.2 Å². The number of benzene rings is 2. The fourth-order valence-corrected chi connectivity index (χ4v) is 6.50. The van der Waals surface area contributed by atoms with Crippen molar-refractivity contribution in [3.8, 4) is 0 Å². The lowest BCUT2D eigenvalue weighted by Crippen LogP contribution is -2.51. The average molecular weight is 498 g/mol. The summed E-state index contributed by atoms with van der Waals surface area (Å²) in [5, 5.41) is 3.09. The first-order valence-electron chi connectivity index (χ1n) is 12.4. The third-order valence-corrected chi connectivity index (χ3v) is 8.64. The SMILES string of the molecule is CC(=O)N1c2ccc(S(=O)(=O)N[C@H](Cc3ccccc3)C(=O)NC3CCC(C)CC3)cc2C[C@@H]1C. The Balaban J connectivity index is 1.55. The summed E-state index contributed by atoms with van der Waals surface area (Å²) in [5.74, 6) is 0.291. The quantitative estimate of drug-likeness (QED) is 0.611. The second kappa shape index (κ2) is 10.5. The minimum atomic E-state index is -3.97. The number of anilines is 1. The van der Waals surface area contributed by atoms with Gasteiger partial charge in [-0.05, 0) is 80.7 Å². The molecule has 0 radical (unpaired) electrons. The highest BCUT2D eigenvalue weighted by atomic mass is 32.2. The monoisotopic (exact) mass is 497 g/mol. The fraction of sp³-hybridized carbons (Fsp3) is 0.481. The van der Waals surface area contributed by atoms with Crippen LogP contribution in [0.3, 0.4) is 0 Å². The Bertz CT molecular complexity index is 1170. The number of amides is 2. The van der Waals surface area contributed by atoms with Crippen molar-refractivity contribution in [3.63, 3.8) is 0 Å². The van der Waals surface area contributed by atoms with Gasteiger partial charge in [0, 0.05) is 24.7 Å². The average Bonchev–Trinajstić information content (AvgIpc) is 3.15. The minimum Gasteiger partial charge on any atom is -0.352 e. The Morgan fingerprint density at radius 3 is 2.37 bits per heavy atom. The molecule has 1 aliphatic carbocycles. The number of hydrogen-bond donors (Lipinski definition) is 2. The van der Waals surface area contributed by atoms with Crippen molar-refractivity contribution in [3.05, 3.63) is 59.7 Å². The van der Waals surface area contributed by atoms with Crippen LogP contribution in [0.5, 0.6) is 0 Å². The molecule has 8 heteroatoms. The summed E-state index contributed by atoms with van der Waals surface area (Å²) in [5.41, 5.74) is 2.44. The van der Waals surface area contributed by atoms with Gasteiger partial charge in [0.05, 0.1) is 4.90 Å². The van der Waals surface area contributed by atoms with Gasteiger partial charge in [-0.1, -0.05) is 37.3 Å². The van der Waals surface area contributed by atoms with E-state index in [0.717, 1.165) is 42.5 Å². The van der Waals surface area contributed by atoms with Crippen molar-refractivity contribution in [2.24, 2.45) is 5.92 Å². The van der Waals surface area contributed by atoms with Gasteiger partial charge < -0.3 is 10.2 Å². The molecule has 2 aromatic carbocycles. The van der Waals surface area contributed by atoms with Crippen LogP contribution in [0.25, 0.3) is 0 Å². The maximum absolute atomic E-state index is 13.4. The van der Waals surface area contributed by atoms with Crippen LogP contribution < -0.4 is 14.9 Å². The summed E-state index contributed by atoms with van der Waals surface area (Å²) in [6.45, 7) is 5.68. The number of nitrogens with one attached hydrogen (secondary N) is 2. The van der Waals surface area contributed by atoms with Crippen LogP contribution in [0, 0.1) is 5.92 Å². The maximum atomic E-state index is 13.4. The van der Waals surface area contributed by atoms with Crippen LogP contribution in [-0.4, -0.2) is 38.4 Å². The van der Waals surface area contributed by atoms with Crippen LogP contribution in [0.4, 0.5) is 5.69 Å². The van der Waals surface area contributed by atoms with E-state index < -0.39 is 16.1 Å². The molecule has 1 heterocycles. The molecule has 2 atom stereocenters. The smallest absolute Gasteiger partial charge is 0.241 e. The maximum Gasteiger partial charge on any atom is 0.241 e. The molecule has 2 amide bonds. The summed E-state index contributed by atoms with van der Waals surface area (Å²) >= 11 is 0. The molecular weight excluding hydrogens is 462 g/mol. The molecule has 1 fully saturated rings. The van der Waals surface area contributed by atoms with Gasteiger partial charge in [0.25, 0.3) is 0 Å². The Kier molecular flexibility index (Phi) is 7.62. The van der Waals surface area contributed by atoms with E-state index in [4.69, 9.17) is 0 Å². The summed E-state index contributed by atoms with van der Waals surface area (Å²) in [6, 6.07) is 13.4. The van der Waals surface area contributed by atoms with Crippen LogP contribution in [0.1, 0.15) is 57.6 Å². The molecule has 2 aromatic rings. The molecule has 35 heavy (non-hydrogen) atoms. The lowest BCUT2D eigenvalue weighted by atomic mass is 9.87. The molecule has 0 unspecified atom stereocenters. The molecule has 1 aliphatic heterocycles. The zero-order chi connectivity index (χ0) is 25.2. The van der Waals surface area contributed by atoms with Crippen molar-refractivity contribution in [1.29, 1.82) is 0 Å². The Labute approximate surface area is 208 Å². The molecule has 4 rings (SSSR count). The summed E-state index contributed by atoms with van der Waals surface area (Å²) in [7, 11) is -3.97. The van der Waals surface area contributed by atoms with Crippen molar-refractivity contribution in [2.75, 3.05) is 4.90 Å². The first-order chi connectivity index (χ1) is 16.6. The fourth-order valence-electron chi connectivity index (χ4n) is 5.25. The number of nitrogens with zero attached hydrogens (tertiary/aromatic N) is 1. The first-order valence-corrected chi connectivity index (χ1v) is 13.9. The molecule has 0 spiro atoms. The molecule has 0 aromatic heterocycles. The van der Waals surface area contributed by atoms with E-state index in [0.29, 0.717) is 12.3 Å². The number of fused-ring (bicyclic) bond motifs is 1. The van der Waals surface area contributed by atoms with Gasteiger partial charge in [-0.3, -0.25) is 9.59 Å². The predicted molar refractivity (Wildman–Crippen MR) is 137 cm³/mol. The van der Waals surface area contributed by atoms with Crippen molar-refractivity contribution in [2.45, 2.75) is 82.3 Å². The molecule has 188 valence electrons. The van der Waals surface area contributed by atoms with Gasteiger partial charge in [0.15, 0.2) is 0 Å². The molecule has 2 aliphatic rings. The standard InChI is InChI=1S/C27H35N3O4S/c1-18-9-11-23(12-10-18)28-27(32)25(16-21-7-5-4-6-8-21)29-35(33,34)24-13-14-26-22(17-24)15-19(2)30(26)20(3)31/h4-8,13-14,17-19,23,25,29H,9-12,15-16H2,1-3H3,(H,28,32)/t18?,19-,23?,25+/m0/s1. The second-order valence-electron chi connectivity index (χ2n) is 10.1. The predicted octanol–water partition coefficient (Wildman–Crippen LogP) is 3.57. The normalized spacial score (nSPS) is 22.9. The van der Waals surface area contributed by atoms with E-state index in [2.05, 4.69) is 17.0 Å². The lowest BCUT2D eigenvalue weighted by molar-refractivity contribution is -0.123. The highest BCUT2D eigenvalue weighted by Gasteiger charge is 2.32. The van der Waals surface area contributed by atoms with Crippen molar-refractivity contribution in [1.82, 2.24) is 10.0 Å².